The van der Waals surface area contributed by atoms with Crippen LogP contribution in [0.4, 0.5) is 0 Å². The lowest BCUT2D eigenvalue weighted by Gasteiger charge is -2.29. The Hall–Kier alpha value is -1.10. The van der Waals surface area contributed by atoms with Crippen molar-refractivity contribution in [3.05, 3.63) is 34.1 Å². The number of aryl methyl sites for hydroxylation is 1. The Morgan fingerprint density at radius 1 is 1.17 bits per heavy atom. The molecule has 6 heteroatoms. The van der Waals surface area contributed by atoms with E-state index in [1.807, 2.05) is 0 Å². The zero-order chi connectivity index (χ0) is 16.2. The standard InChI is InChI=1S/C17H21Cl2N3O/c1-12-4-7-22(8-5-12)6-2-3-16-20-17(21-23-16)13-9-14(18)11-15(19)10-13/h9-12H,2-8H2,1H3. The highest BCUT2D eigenvalue weighted by atomic mass is 35.5. The molecular formula is C17H21Cl2N3O. The van der Waals surface area contributed by atoms with Gasteiger partial charge < -0.3 is 9.42 Å². The molecule has 0 spiro atoms. The van der Waals surface area contributed by atoms with Gasteiger partial charge in [0.15, 0.2) is 0 Å². The highest BCUT2D eigenvalue weighted by Crippen LogP contribution is 2.25. The van der Waals surface area contributed by atoms with Gasteiger partial charge in [0.2, 0.25) is 11.7 Å². The summed E-state index contributed by atoms with van der Waals surface area (Å²) < 4.78 is 5.34. The van der Waals surface area contributed by atoms with Crippen LogP contribution in [0.2, 0.25) is 10.0 Å². The van der Waals surface area contributed by atoms with Crippen molar-refractivity contribution >= 4 is 23.2 Å². The molecule has 4 nitrogen and oxygen atoms in total. The van der Waals surface area contributed by atoms with Crippen LogP contribution in [-0.4, -0.2) is 34.7 Å². The third-order valence-electron chi connectivity index (χ3n) is 4.33. The Morgan fingerprint density at radius 3 is 2.57 bits per heavy atom. The number of nitrogens with zero attached hydrogens (tertiary/aromatic N) is 3. The molecule has 1 aromatic carbocycles. The van der Waals surface area contributed by atoms with E-state index in [0.29, 0.717) is 21.8 Å². The Labute approximate surface area is 146 Å². The molecule has 2 heterocycles. The van der Waals surface area contributed by atoms with Crippen LogP contribution < -0.4 is 0 Å². The van der Waals surface area contributed by atoms with Crippen LogP contribution in [0.3, 0.4) is 0 Å². The van der Waals surface area contributed by atoms with Crippen molar-refractivity contribution in [3.63, 3.8) is 0 Å². The topological polar surface area (TPSA) is 42.2 Å². The molecule has 0 N–H and O–H groups in total. The van der Waals surface area contributed by atoms with Gasteiger partial charge in [-0.25, -0.2) is 0 Å². The summed E-state index contributed by atoms with van der Waals surface area (Å²) in [6.07, 6.45) is 4.44. The van der Waals surface area contributed by atoms with Crippen molar-refractivity contribution in [3.8, 4) is 11.4 Å². The fourth-order valence-electron chi connectivity index (χ4n) is 2.90. The number of rotatable bonds is 5. The molecular weight excluding hydrogens is 333 g/mol. The lowest BCUT2D eigenvalue weighted by atomic mass is 9.99. The molecule has 1 fully saturated rings. The van der Waals surface area contributed by atoms with E-state index in [4.69, 9.17) is 27.7 Å². The van der Waals surface area contributed by atoms with Gasteiger partial charge in [0.1, 0.15) is 0 Å². The summed E-state index contributed by atoms with van der Waals surface area (Å²) in [5.41, 5.74) is 0.780. The van der Waals surface area contributed by atoms with Crippen LogP contribution in [0.1, 0.15) is 32.1 Å². The van der Waals surface area contributed by atoms with E-state index in [2.05, 4.69) is 22.0 Å². The van der Waals surface area contributed by atoms with Gasteiger partial charge in [-0.2, -0.15) is 4.98 Å². The first-order valence-corrected chi connectivity index (χ1v) is 8.87. The number of piperidine rings is 1. The first-order chi connectivity index (χ1) is 11.1. The maximum absolute atomic E-state index is 6.01. The first kappa shape index (κ1) is 16.7. The van der Waals surface area contributed by atoms with Gasteiger partial charge in [0.05, 0.1) is 0 Å². The average Bonchev–Trinajstić information content (AvgIpc) is 2.97. The third-order valence-corrected chi connectivity index (χ3v) is 4.77. The summed E-state index contributed by atoms with van der Waals surface area (Å²) >= 11 is 12.0. The van der Waals surface area contributed by atoms with E-state index in [1.54, 1.807) is 18.2 Å². The molecule has 0 bridgehead atoms. The predicted octanol–water partition coefficient (Wildman–Crippen LogP) is 4.71. The zero-order valence-electron chi connectivity index (χ0n) is 13.3. The van der Waals surface area contributed by atoms with Gasteiger partial charge in [-0.15, -0.1) is 0 Å². The molecule has 124 valence electrons. The monoisotopic (exact) mass is 353 g/mol. The van der Waals surface area contributed by atoms with Crippen molar-refractivity contribution in [2.24, 2.45) is 5.92 Å². The van der Waals surface area contributed by atoms with Crippen molar-refractivity contribution in [2.45, 2.75) is 32.6 Å². The fraction of sp³-hybridized carbons (Fsp3) is 0.529. The zero-order valence-corrected chi connectivity index (χ0v) is 14.8. The van der Waals surface area contributed by atoms with Crippen LogP contribution in [0, 0.1) is 5.92 Å². The maximum atomic E-state index is 6.01. The molecule has 1 aromatic heterocycles. The smallest absolute Gasteiger partial charge is 0.227 e. The molecule has 1 aliphatic heterocycles. The number of aromatic nitrogens is 2. The van der Waals surface area contributed by atoms with E-state index in [0.717, 1.165) is 30.9 Å². The van der Waals surface area contributed by atoms with Crippen molar-refractivity contribution in [1.82, 2.24) is 15.0 Å². The molecule has 3 rings (SSSR count). The minimum atomic E-state index is 0.538. The van der Waals surface area contributed by atoms with Crippen LogP contribution in [-0.2, 0) is 6.42 Å². The highest BCUT2D eigenvalue weighted by Gasteiger charge is 2.16. The Morgan fingerprint density at radius 2 is 1.87 bits per heavy atom. The SMILES string of the molecule is CC1CCN(CCCc2nc(-c3cc(Cl)cc(Cl)c3)no2)CC1. The molecule has 0 aliphatic carbocycles. The fourth-order valence-corrected chi connectivity index (χ4v) is 3.42. The summed E-state index contributed by atoms with van der Waals surface area (Å²) in [6.45, 7) is 5.83. The van der Waals surface area contributed by atoms with Crippen molar-refractivity contribution in [2.75, 3.05) is 19.6 Å². The summed E-state index contributed by atoms with van der Waals surface area (Å²) in [5, 5.41) is 5.16. The summed E-state index contributed by atoms with van der Waals surface area (Å²) in [5.74, 6) is 2.08. The Kier molecular flexibility index (Phi) is 5.57. The second-order valence-corrected chi connectivity index (χ2v) is 7.17. The van der Waals surface area contributed by atoms with E-state index in [9.17, 15) is 0 Å². The van der Waals surface area contributed by atoms with E-state index >= 15 is 0 Å². The molecule has 1 saturated heterocycles. The molecule has 1 aliphatic rings. The highest BCUT2D eigenvalue weighted by molar-refractivity contribution is 6.35. The summed E-state index contributed by atoms with van der Waals surface area (Å²) in [6, 6.07) is 5.26. The minimum Gasteiger partial charge on any atom is -0.339 e. The largest absolute Gasteiger partial charge is 0.339 e. The Balaban J connectivity index is 1.53. The Bertz CT molecular complexity index is 631. The molecule has 0 amide bonds. The van der Waals surface area contributed by atoms with Crippen LogP contribution in [0.15, 0.2) is 22.7 Å². The van der Waals surface area contributed by atoms with E-state index < -0.39 is 0 Å². The van der Waals surface area contributed by atoms with E-state index in [-0.39, 0.29) is 0 Å². The second-order valence-electron chi connectivity index (χ2n) is 6.30. The minimum absolute atomic E-state index is 0.538. The lowest BCUT2D eigenvalue weighted by molar-refractivity contribution is 0.189. The van der Waals surface area contributed by atoms with Crippen LogP contribution in [0.5, 0.6) is 0 Å². The van der Waals surface area contributed by atoms with Gasteiger partial charge in [-0.3, -0.25) is 0 Å². The predicted molar refractivity (Wildman–Crippen MR) is 92.9 cm³/mol. The quantitative estimate of drug-likeness (QED) is 0.780. The van der Waals surface area contributed by atoms with Gasteiger partial charge >= 0.3 is 0 Å². The van der Waals surface area contributed by atoms with E-state index in [1.165, 1.54) is 25.9 Å². The number of halogens is 2. The number of hydrogen-bond acceptors (Lipinski definition) is 4. The molecule has 0 saturated carbocycles. The molecule has 0 unspecified atom stereocenters. The van der Waals surface area contributed by atoms with Gasteiger partial charge in [-0.1, -0.05) is 35.3 Å². The lowest BCUT2D eigenvalue weighted by Crippen LogP contribution is -2.33. The van der Waals surface area contributed by atoms with Crippen LogP contribution in [0.25, 0.3) is 11.4 Å². The molecule has 0 atom stereocenters. The normalized spacial score (nSPS) is 16.8. The summed E-state index contributed by atoms with van der Waals surface area (Å²) in [7, 11) is 0. The molecule has 0 radical (unpaired) electrons. The van der Waals surface area contributed by atoms with Gasteiger partial charge in [0.25, 0.3) is 0 Å². The number of hydrogen-bond donors (Lipinski definition) is 0. The third kappa shape index (κ3) is 4.69. The first-order valence-electron chi connectivity index (χ1n) is 8.11. The second kappa shape index (κ2) is 7.65. The van der Waals surface area contributed by atoms with Crippen molar-refractivity contribution in [1.29, 1.82) is 0 Å². The number of benzene rings is 1. The molecule has 23 heavy (non-hydrogen) atoms. The van der Waals surface area contributed by atoms with Gasteiger partial charge in [0, 0.05) is 22.0 Å². The average molecular weight is 354 g/mol. The maximum Gasteiger partial charge on any atom is 0.227 e. The van der Waals surface area contributed by atoms with Crippen LogP contribution >= 0.6 is 23.2 Å². The van der Waals surface area contributed by atoms with Crippen molar-refractivity contribution < 1.29 is 4.52 Å². The number of likely N-dealkylation sites (tertiary alicyclic amines) is 1. The molecule has 2 aromatic rings. The van der Waals surface area contributed by atoms with Gasteiger partial charge in [-0.05, 0) is 63.0 Å². The summed E-state index contributed by atoms with van der Waals surface area (Å²) in [4.78, 5) is 6.97.